The second kappa shape index (κ2) is 6.11. The molecular formula is C16H32N2O. The maximum Gasteiger partial charge on any atom is 0.0710 e. The molecule has 1 unspecified atom stereocenters. The average molecular weight is 268 g/mol. The second-order valence-corrected chi connectivity index (χ2v) is 7.61. The summed E-state index contributed by atoms with van der Waals surface area (Å²) in [6.45, 7) is 9.90. The molecule has 0 aromatic heterocycles. The Morgan fingerprint density at radius 1 is 1.21 bits per heavy atom. The summed E-state index contributed by atoms with van der Waals surface area (Å²) in [5.74, 6) is 0. The van der Waals surface area contributed by atoms with Gasteiger partial charge in [-0.3, -0.25) is 0 Å². The van der Waals surface area contributed by atoms with Crippen LogP contribution in [0.15, 0.2) is 0 Å². The zero-order valence-electron chi connectivity index (χ0n) is 13.3. The van der Waals surface area contributed by atoms with Gasteiger partial charge in [-0.05, 0) is 53.5 Å². The first-order valence-corrected chi connectivity index (χ1v) is 8.00. The summed E-state index contributed by atoms with van der Waals surface area (Å²) in [6.07, 6.45) is 8.38. The van der Waals surface area contributed by atoms with E-state index in [-0.39, 0.29) is 11.1 Å². The second-order valence-electron chi connectivity index (χ2n) is 7.61. The van der Waals surface area contributed by atoms with Crippen molar-refractivity contribution in [2.45, 2.75) is 76.5 Å². The highest BCUT2D eigenvalue weighted by Crippen LogP contribution is 2.43. The van der Waals surface area contributed by atoms with E-state index in [9.17, 15) is 0 Å². The summed E-state index contributed by atoms with van der Waals surface area (Å²) in [6, 6.07) is 0. The summed E-state index contributed by atoms with van der Waals surface area (Å²) in [5.41, 5.74) is 0.508. The highest BCUT2D eigenvalue weighted by Gasteiger charge is 2.42. The quantitative estimate of drug-likeness (QED) is 0.830. The van der Waals surface area contributed by atoms with Gasteiger partial charge in [-0.1, -0.05) is 12.8 Å². The predicted molar refractivity (Wildman–Crippen MR) is 80.6 cm³/mol. The van der Waals surface area contributed by atoms with Crippen molar-refractivity contribution in [3.05, 3.63) is 0 Å². The molecule has 0 radical (unpaired) electrons. The zero-order valence-corrected chi connectivity index (χ0v) is 13.3. The summed E-state index contributed by atoms with van der Waals surface area (Å²) in [7, 11) is 2.22. The Morgan fingerprint density at radius 2 is 1.89 bits per heavy atom. The van der Waals surface area contributed by atoms with E-state index in [1.54, 1.807) is 0 Å². The van der Waals surface area contributed by atoms with Gasteiger partial charge in [-0.25, -0.2) is 0 Å². The Kier molecular flexibility index (Phi) is 4.91. The monoisotopic (exact) mass is 268 g/mol. The van der Waals surface area contributed by atoms with Gasteiger partial charge in [-0.2, -0.15) is 0 Å². The van der Waals surface area contributed by atoms with E-state index in [0.717, 1.165) is 19.6 Å². The van der Waals surface area contributed by atoms with Crippen LogP contribution in [0.4, 0.5) is 0 Å². The van der Waals surface area contributed by atoms with Crippen LogP contribution < -0.4 is 5.32 Å². The number of hydrogen-bond acceptors (Lipinski definition) is 3. The van der Waals surface area contributed by atoms with Gasteiger partial charge in [-0.15, -0.1) is 0 Å². The number of ether oxygens (including phenoxy) is 1. The van der Waals surface area contributed by atoms with Gasteiger partial charge in [0.25, 0.3) is 0 Å². The fourth-order valence-corrected chi connectivity index (χ4v) is 3.47. The van der Waals surface area contributed by atoms with Gasteiger partial charge in [0, 0.05) is 25.2 Å². The highest BCUT2D eigenvalue weighted by molar-refractivity contribution is 4.93. The minimum absolute atomic E-state index is 0.221. The Balaban J connectivity index is 1.65. The van der Waals surface area contributed by atoms with E-state index < -0.39 is 0 Å². The van der Waals surface area contributed by atoms with Crippen molar-refractivity contribution >= 4 is 0 Å². The van der Waals surface area contributed by atoms with Gasteiger partial charge >= 0.3 is 0 Å². The van der Waals surface area contributed by atoms with E-state index in [1.807, 2.05) is 0 Å². The molecule has 1 atom stereocenters. The van der Waals surface area contributed by atoms with Crippen LogP contribution in [0, 0.1) is 0 Å². The van der Waals surface area contributed by atoms with Crippen molar-refractivity contribution in [2.75, 3.05) is 26.7 Å². The third-order valence-corrected chi connectivity index (χ3v) is 4.52. The van der Waals surface area contributed by atoms with E-state index in [4.69, 9.17) is 4.74 Å². The first-order valence-electron chi connectivity index (χ1n) is 8.00. The molecule has 19 heavy (non-hydrogen) atoms. The van der Waals surface area contributed by atoms with E-state index in [1.165, 1.54) is 38.5 Å². The first-order chi connectivity index (χ1) is 8.89. The fourth-order valence-electron chi connectivity index (χ4n) is 3.47. The van der Waals surface area contributed by atoms with Crippen LogP contribution in [0.25, 0.3) is 0 Å². The third kappa shape index (κ3) is 4.73. The van der Waals surface area contributed by atoms with Crippen molar-refractivity contribution in [1.29, 1.82) is 0 Å². The molecule has 2 rings (SSSR count). The topological polar surface area (TPSA) is 24.5 Å². The van der Waals surface area contributed by atoms with Crippen LogP contribution in [-0.4, -0.2) is 48.8 Å². The summed E-state index contributed by atoms with van der Waals surface area (Å²) in [4.78, 5) is 2.41. The van der Waals surface area contributed by atoms with E-state index in [2.05, 4.69) is 38.0 Å². The molecular weight excluding hydrogens is 236 g/mol. The van der Waals surface area contributed by atoms with Crippen LogP contribution in [0.5, 0.6) is 0 Å². The Morgan fingerprint density at radius 3 is 2.53 bits per heavy atom. The number of nitrogens with zero attached hydrogens (tertiary/aromatic N) is 1. The SMILES string of the molecule is CN(CCNC(C)(C)C)CC1CCC2(CCCC2)O1. The van der Waals surface area contributed by atoms with Crippen molar-refractivity contribution in [3.63, 3.8) is 0 Å². The van der Waals surface area contributed by atoms with Crippen LogP contribution in [0.1, 0.15) is 59.3 Å². The summed E-state index contributed by atoms with van der Waals surface area (Å²) in [5, 5.41) is 3.54. The van der Waals surface area contributed by atoms with Crippen LogP contribution in [-0.2, 0) is 4.74 Å². The Hall–Kier alpha value is -0.120. The molecule has 2 aliphatic rings. The molecule has 2 fully saturated rings. The van der Waals surface area contributed by atoms with Crippen LogP contribution in [0.3, 0.4) is 0 Å². The van der Waals surface area contributed by atoms with Gasteiger partial charge in [0.15, 0.2) is 0 Å². The molecule has 1 aliphatic carbocycles. The third-order valence-electron chi connectivity index (χ3n) is 4.52. The molecule has 0 aromatic carbocycles. The highest BCUT2D eigenvalue weighted by atomic mass is 16.5. The molecule has 0 aromatic rings. The van der Waals surface area contributed by atoms with Gasteiger partial charge in [0.2, 0.25) is 0 Å². The number of rotatable bonds is 5. The molecule has 3 nitrogen and oxygen atoms in total. The summed E-state index contributed by atoms with van der Waals surface area (Å²) < 4.78 is 6.37. The van der Waals surface area contributed by atoms with Gasteiger partial charge in [0.1, 0.15) is 0 Å². The Bertz CT molecular complexity index is 279. The van der Waals surface area contributed by atoms with Crippen LogP contribution in [0.2, 0.25) is 0 Å². The first kappa shape index (κ1) is 15.3. The number of likely N-dealkylation sites (N-methyl/N-ethyl adjacent to an activating group) is 1. The van der Waals surface area contributed by atoms with Gasteiger partial charge in [0.05, 0.1) is 11.7 Å². The van der Waals surface area contributed by atoms with Crippen molar-refractivity contribution < 1.29 is 4.74 Å². The molecule has 1 heterocycles. The minimum atomic E-state index is 0.221. The molecule has 1 saturated carbocycles. The molecule has 1 saturated heterocycles. The smallest absolute Gasteiger partial charge is 0.0710 e. The maximum absolute atomic E-state index is 6.37. The summed E-state index contributed by atoms with van der Waals surface area (Å²) >= 11 is 0. The van der Waals surface area contributed by atoms with E-state index >= 15 is 0 Å². The molecule has 1 aliphatic heterocycles. The number of hydrogen-bond donors (Lipinski definition) is 1. The maximum atomic E-state index is 6.37. The Labute approximate surface area is 119 Å². The minimum Gasteiger partial charge on any atom is -0.370 e. The standard InChI is InChI=1S/C16H32N2O/c1-15(2,3)17-11-12-18(4)13-14-7-10-16(19-14)8-5-6-9-16/h14,17H,5-13H2,1-4H3. The molecule has 1 spiro atoms. The molecule has 3 heteroatoms. The lowest BCUT2D eigenvalue weighted by Gasteiger charge is -2.27. The lowest BCUT2D eigenvalue weighted by Crippen LogP contribution is -2.42. The fraction of sp³-hybridized carbons (Fsp3) is 1.00. The lowest BCUT2D eigenvalue weighted by molar-refractivity contribution is -0.0450. The predicted octanol–water partition coefficient (Wildman–Crippen LogP) is 2.80. The van der Waals surface area contributed by atoms with Crippen LogP contribution >= 0.6 is 0 Å². The molecule has 112 valence electrons. The van der Waals surface area contributed by atoms with Crippen molar-refractivity contribution in [1.82, 2.24) is 10.2 Å². The van der Waals surface area contributed by atoms with Gasteiger partial charge < -0.3 is 15.0 Å². The largest absolute Gasteiger partial charge is 0.370 e. The average Bonchev–Trinajstić information content (AvgIpc) is 2.88. The lowest BCUT2D eigenvalue weighted by atomic mass is 9.98. The number of nitrogens with one attached hydrogen (secondary N) is 1. The zero-order chi connectivity index (χ0) is 13.9. The molecule has 0 amide bonds. The van der Waals surface area contributed by atoms with Crippen molar-refractivity contribution in [3.8, 4) is 0 Å². The van der Waals surface area contributed by atoms with E-state index in [0.29, 0.717) is 6.10 Å². The molecule has 0 bridgehead atoms. The van der Waals surface area contributed by atoms with Crippen molar-refractivity contribution in [2.24, 2.45) is 0 Å². The normalized spacial score (nSPS) is 26.7. The molecule has 1 N–H and O–H groups in total.